The molecule has 0 saturated carbocycles. The molecule has 3 aromatic heterocycles. The number of rotatable bonds is 4. The molecule has 0 aliphatic carbocycles. The molecule has 29 heavy (non-hydrogen) atoms. The maximum Gasteiger partial charge on any atom is 0.256 e. The monoisotopic (exact) mass is 387 g/mol. The first-order chi connectivity index (χ1) is 14.0. The Kier molecular flexibility index (Phi) is 4.72. The Morgan fingerprint density at radius 3 is 2.55 bits per heavy atom. The molecule has 0 atom stereocenters. The van der Waals surface area contributed by atoms with Gasteiger partial charge in [0, 0.05) is 11.9 Å². The van der Waals surface area contributed by atoms with E-state index >= 15 is 0 Å². The molecule has 1 amide bonds. The fourth-order valence-electron chi connectivity index (χ4n) is 3.28. The van der Waals surface area contributed by atoms with Crippen LogP contribution in [0.1, 0.15) is 27.3 Å². The van der Waals surface area contributed by atoms with E-state index in [0.717, 1.165) is 33.8 Å². The number of carbonyl (C=O) groups is 1. The molecule has 4 aromatic rings. The van der Waals surface area contributed by atoms with Gasteiger partial charge in [0.1, 0.15) is 5.75 Å². The molecule has 0 unspecified atom stereocenters. The Hall–Kier alpha value is -3.74. The van der Waals surface area contributed by atoms with Crippen LogP contribution in [0.2, 0.25) is 0 Å². The third-order valence-corrected chi connectivity index (χ3v) is 4.79. The lowest BCUT2D eigenvalue weighted by Crippen LogP contribution is -2.14. The maximum atomic E-state index is 13.1. The van der Waals surface area contributed by atoms with Crippen molar-refractivity contribution < 1.29 is 9.53 Å². The second-order valence-corrected chi connectivity index (χ2v) is 6.85. The fourth-order valence-corrected chi connectivity index (χ4v) is 3.28. The first-order valence-electron chi connectivity index (χ1n) is 9.21. The minimum Gasteiger partial charge on any atom is -0.497 e. The van der Waals surface area contributed by atoms with Gasteiger partial charge in [-0.25, -0.2) is 9.67 Å². The third kappa shape index (κ3) is 3.42. The van der Waals surface area contributed by atoms with Crippen LogP contribution in [0.5, 0.6) is 5.75 Å². The summed E-state index contributed by atoms with van der Waals surface area (Å²) in [6.45, 7) is 5.68. The zero-order valence-electron chi connectivity index (χ0n) is 16.7. The Balaban J connectivity index is 1.82. The molecule has 0 bridgehead atoms. The van der Waals surface area contributed by atoms with Crippen molar-refractivity contribution in [1.82, 2.24) is 19.7 Å². The highest BCUT2D eigenvalue weighted by atomic mass is 16.5. The molecular formula is C22H21N5O2. The van der Waals surface area contributed by atoms with Gasteiger partial charge in [0.05, 0.1) is 41.3 Å². The van der Waals surface area contributed by atoms with E-state index in [4.69, 9.17) is 4.74 Å². The molecule has 3 heterocycles. The summed E-state index contributed by atoms with van der Waals surface area (Å²) in [6.07, 6.45) is 3.34. The first kappa shape index (κ1) is 18.6. The summed E-state index contributed by atoms with van der Waals surface area (Å²) in [6, 6.07) is 11.2. The van der Waals surface area contributed by atoms with Crippen LogP contribution < -0.4 is 10.1 Å². The Labute approximate surface area is 168 Å². The van der Waals surface area contributed by atoms with Gasteiger partial charge in [-0.05, 0) is 62.7 Å². The topological polar surface area (TPSA) is 81.9 Å². The van der Waals surface area contributed by atoms with Crippen LogP contribution in [0.4, 0.5) is 5.69 Å². The van der Waals surface area contributed by atoms with E-state index in [0.29, 0.717) is 16.9 Å². The number of nitrogens with zero attached hydrogens (tertiary/aromatic N) is 4. The minimum absolute atomic E-state index is 0.214. The van der Waals surface area contributed by atoms with E-state index in [1.807, 2.05) is 51.1 Å². The van der Waals surface area contributed by atoms with Crippen LogP contribution in [-0.4, -0.2) is 32.8 Å². The number of pyridine rings is 2. The molecule has 4 rings (SSSR count). The SMILES string of the molecule is COc1ccc(-n2nc(C)c3c(C(=O)Nc4cnccc4C)cc(C)nc32)cc1. The second kappa shape index (κ2) is 7.35. The van der Waals surface area contributed by atoms with Gasteiger partial charge in [0.2, 0.25) is 0 Å². The number of aromatic nitrogens is 4. The first-order valence-corrected chi connectivity index (χ1v) is 9.21. The van der Waals surface area contributed by atoms with E-state index in [1.165, 1.54) is 0 Å². The average molecular weight is 387 g/mol. The van der Waals surface area contributed by atoms with Crippen molar-refractivity contribution in [2.45, 2.75) is 20.8 Å². The van der Waals surface area contributed by atoms with Crippen molar-refractivity contribution in [3.63, 3.8) is 0 Å². The van der Waals surface area contributed by atoms with E-state index in [9.17, 15) is 4.79 Å². The highest BCUT2D eigenvalue weighted by molar-refractivity contribution is 6.13. The van der Waals surface area contributed by atoms with Crippen molar-refractivity contribution in [3.8, 4) is 11.4 Å². The molecule has 0 fully saturated rings. The van der Waals surface area contributed by atoms with E-state index in [2.05, 4.69) is 20.4 Å². The van der Waals surface area contributed by atoms with Crippen molar-refractivity contribution in [2.24, 2.45) is 0 Å². The molecule has 7 nitrogen and oxygen atoms in total. The van der Waals surface area contributed by atoms with Crippen LogP contribution in [0.25, 0.3) is 16.7 Å². The lowest BCUT2D eigenvalue weighted by molar-refractivity contribution is 0.102. The lowest BCUT2D eigenvalue weighted by atomic mass is 10.1. The second-order valence-electron chi connectivity index (χ2n) is 6.85. The van der Waals surface area contributed by atoms with Crippen LogP contribution in [0, 0.1) is 20.8 Å². The summed E-state index contributed by atoms with van der Waals surface area (Å²) >= 11 is 0. The number of methoxy groups -OCH3 is 1. The van der Waals surface area contributed by atoms with Gasteiger partial charge in [0.25, 0.3) is 5.91 Å². The van der Waals surface area contributed by atoms with Crippen molar-refractivity contribution in [1.29, 1.82) is 0 Å². The van der Waals surface area contributed by atoms with Crippen molar-refractivity contribution >= 4 is 22.6 Å². The summed E-state index contributed by atoms with van der Waals surface area (Å²) in [7, 11) is 1.63. The van der Waals surface area contributed by atoms with Crippen LogP contribution in [0.15, 0.2) is 48.8 Å². The number of hydrogen-bond acceptors (Lipinski definition) is 5. The van der Waals surface area contributed by atoms with Crippen LogP contribution in [-0.2, 0) is 0 Å². The molecule has 0 radical (unpaired) electrons. The van der Waals surface area contributed by atoms with Gasteiger partial charge in [-0.3, -0.25) is 9.78 Å². The zero-order chi connectivity index (χ0) is 20.5. The molecule has 0 aliphatic rings. The van der Waals surface area contributed by atoms with Crippen LogP contribution in [0.3, 0.4) is 0 Å². The highest BCUT2D eigenvalue weighted by Gasteiger charge is 2.20. The zero-order valence-corrected chi connectivity index (χ0v) is 16.7. The average Bonchev–Trinajstić information content (AvgIpc) is 3.05. The number of carbonyl (C=O) groups excluding carboxylic acids is 1. The smallest absolute Gasteiger partial charge is 0.256 e. The summed E-state index contributed by atoms with van der Waals surface area (Å²) < 4.78 is 6.98. The number of benzene rings is 1. The quantitative estimate of drug-likeness (QED) is 0.572. The van der Waals surface area contributed by atoms with E-state index in [1.54, 1.807) is 30.3 Å². The number of fused-ring (bicyclic) bond motifs is 1. The van der Waals surface area contributed by atoms with Gasteiger partial charge < -0.3 is 10.1 Å². The molecule has 1 N–H and O–H groups in total. The normalized spacial score (nSPS) is 10.9. The lowest BCUT2D eigenvalue weighted by Gasteiger charge is -2.10. The Bertz CT molecular complexity index is 1210. The summed E-state index contributed by atoms with van der Waals surface area (Å²) in [4.78, 5) is 21.8. The number of nitrogens with one attached hydrogen (secondary N) is 1. The Morgan fingerprint density at radius 1 is 1.10 bits per heavy atom. The number of amides is 1. The maximum absolute atomic E-state index is 13.1. The molecule has 0 spiro atoms. The van der Waals surface area contributed by atoms with Gasteiger partial charge >= 0.3 is 0 Å². The third-order valence-electron chi connectivity index (χ3n) is 4.79. The molecular weight excluding hydrogens is 366 g/mol. The number of anilines is 1. The number of ether oxygens (including phenoxy) is 1. The van der Waals surface area contributed by atoms with Gasteiger partial charge in [-0.15, -0.1) is 0 Å². The standard InChI is InChI=1S/C22H21N5O2/c1-13-9-10-23-12-19(13)25-22(28)18-11-14(2)24-21-20(18)15(3)26-27(21)16-5-7-17(29-4)8-6-16/h5-12H,1-4H3,(H,25,28). The number of aryl methyl sites for hydroxylation is 3. The minimum atomic E-state index is -0.214. The molecule has 0 aliphatic heterocycles. The fraction of sp³-hybridized carbons (Fsp3) is 0.182. The molecule has 146 valence electrons. The number of hydrogen-bond donors (Lipinski definition) is 1. The van der Waals surface area contributed by atoms with Gasteiger partial charge in [0.15, 0.2) is 5.65 Å². The summed E-state index contributed by atoms with van der Waals surface area (Å²) in [5.41, 5.74) is 5.11. The molecule has 0 saturated heterocycles. The summed E-state index contributed by atoms with van der Waals surface area (Å²) in [5.74, 6) is 0.548. The van der Waals surface area contributed by atoms with Gasteiger partial charge in [-0.1, -0.05) is 0 Å². The van der Waals surface area contributed by atoms with Crippen molar-refractivity contribution in [2.75, 3.05) is 12.4 Å². The van der Waals surface area contributed by atoms with E-state index in [-0.39, 0.29) is 5.91 Å². The predicted molar refractivity (Wildman–Crippen MR) is 112 cm³/mol. The Morgan fingerprint density at radius 2 is 1.86 bits per heavy atom. The predicted octanol–water partition coefficient (Wildman–Crippen LogP) is 4.00. The molecule has 7 heteroatoms. The summed E-state index contributed by atoms with van der Waals surface area (Å²) in [5, 5.41) is 8.33. The van der Waals surface area contributed by atoms with Gasteiger partial charge in [-0.2, -0.15) is 5.10 Å². The van der Waals surface area contributed by atoms with E-state index < -0.39 is 0 Å². The molecule has 1 aromatic carbocycles. The van der Waals surface area contributed by atoms with Crippen molar-refractivity contribution in [3.05, 3.63) is 71.3 Å². The van der Waals surface area contributed by atoms with Crippen LogP contribution >= 0.6 is 0 Å². The largest absolute Gasteiger partial charge is 0.497 e. The highest BCUT2D eigenvalue weighted by Crippen LogP contribution is 2.26.